The van der Waals surface area contributed by atoms with E-state index in [9.17, 15) is 5.11 Å². The van der Waals surface area contributed by atoms with Crippen LogP contribution >= 0.6 is 0 Å². The van der Waals surface area contributed by atoms with Crippen LogP contribution in [-0.2, 0) is 0 Å². The molecule has 116 valence electrons. The SMILES string of the molecule is NCC(c1ccccn1)C(O)C1CCC2CCCCC2C1. The summed E-state index contributed by atoms with van der Waals surface area (Å²) in [4.78, 5) is 4.41. The Hall–Kier alpha value is -0.930. The Balaban J connectivity index is 1.67. The summed E-state index contributed by atoms with van der Waals surface area (Å²) in [5.41, 5.74) is 6.89. The van der Waals surface area contributed by atoms with E-state index in [1.165, 1.54) is 38.5 Å². The van der Waals surface area contributed by atoms with Crippen molar-refractivity contribution < 1.29 is 5.11 Å². The number of pyridine rings is 1. The first kappa shape index (κ1) is 15.0. The van der Waals surface area contributed by atoms with E-state index in [0.29, 0.717) is 12.5 Å². The minimum absolute atomic E-state index is 0.0173. The maximum absolute atomic E-state index is 10.9. The molecule has 5 unspecified atom stereocenters. The summed E-state index contributed by atoms with van der Waals surface area (Å²) in [6.07, 6.45) is 10.7. The molecular formula is C18H28N2O. The number of hydrogen-bond donors (Lipinski definition) is 2. The van der Waals surface area contributed by atoms with Crippen molar-refractivity contribution in [2.75, 3.05) is 6.54 Å². The van der Waals surface area contributed by atoms with E-state index >= 15 is 0 Å². The molecule has 0 spiro atoms. The molecule has 3 N–H and O–H groups in total. The number of aliphatic hydroxyl groups is 1. The molecule has 3 nitrogen and oxygen atoms in total. The molecule has 0 bridgehead atoms. The summed E-state index contributed by atoms with van der Waals surface area (Å²) in [6.45, 7) is 0.475. The maximum Gasteiger partial charge on any atom is 0.0664 e. The van der Waals surface area contributed by atoms with Crippen LogP contribution in [0.15, 0.2) is 24.4 Å². The number of hydrogen-bond acceptors (Lipinski definition) is 3. The molecule has 0 radical (unpaired) electrons. The highest BCUT2D eigenvalue weighted by Crippen LogP contribution is 2.45. The first-order valence-electron chi connectivity index (χ1n) is 8.58. The molecule has 2 saturated carbocycles. The molecule has 0 saturated heterocycles. The molecule has 0 aromatic carbocycles. The topological polar surface area (TPSA) is 59.1 Å². The molecule has 0 aliphatic heterocycles. The highest BCUT2D eigenvalue weighted by atomic mass is 16.3. The second kappa shape index (κ2) is 6.89. The molecule has 3 rings (SSSR count). The fraction of sp³-hybridized carbons (Fsp3) is 0.722. The van der Waals surface area contributed by atoms with Gasteiger partial charge in [-0.15, -0.1) is 0 Å². The van der Waals surface area contributed by atoms with Crippen molar-refractivity contribution in [3.8, 4) is 0 Å². The lowest BCUT2D eigenvalue weighted by Gasteiger charge is -2.42. The lowest BCUT2D eigenvalue weighted by atomic mass is 9.65. The van der Waals surface area contributed by atoms with E-state index in [-0.39, 0.29) is 12.0 Å². The summed E-state index contributed by atoms with van der Waals surface area (Å²) in [7, 11) is 0. The van der Waals surface area contributed by atoms with Gasteiger partial charge in [-0.3, -0.25) is 4.98 Å². The van der Waals surface area contributed by atoms with Crippen molar-refractivity contribution in [2.24, 2.45) is 23.5 Å². The van der Waals surface area contributed by atoms with Crippen LogP contribution in [0, 0.1) is 17.8 Å². The highest BCUT2D eigenvalue weighted by Gasteiger charge is 2.37. The second-order valence-electron chi connectivity index (χ2n) is 6.97. The Labute approximate surface area is 128 Å². The van der Waals surface area contributed by atoms with Gasteiger partial charge in [0, 0.05) is 24.4 Å². The van der Waals surface area contributed by atoms with Crippen molar-refractivity contribution in [3.05, 3.63) is 30.1 Å². The van der Waals surface area contributed by atoms with Gasteiger partial charge in [0.1, 0.15) is 0 Å². The van der Waals surface area contributed by atoms with E-state index < -0.39 is 0 Å². The lowest BCUT2D eigenvalue weighted by molar-refractivity contribution is 0.0207. The van der Waals surface area contributed by atoms with E-state index in [0.717, 1.165) is 24.0 Å². The monoisotopic (exact) mass is 288 g/mol. The molecule has 2 fully saturated rings. The van der Waals surface area contributed by atoms with Gasteiger partial charge >= 0.3 is 0 Å². The molecule has 1 aromatic heterocycles. The van der Waals surface area contributed by atoms with E-state index in [4.69, 9.17) is 5.73 Å². The van der Waals surface area contributed by atoms with Gasteiger partial charge in [0.05, 0.1) is 6.10 Å². The minimum atomic E-state index is -0.340. The number of aromatic nitrogens is 1. The summed E-state index contributed by atoms with van der Waals surface area (Å²) in [6, 6.07) is 5.89. The predicted molar refractivity (Wildman–Crippen MR) is 84.8 cm³/mol. The van der Waals surface area contributed by atoms with Crippen molar-refractivity contribution in [2.45, 2.75) is 57.0 Å². The normalized spacial score (nSPS) is 32.2. The van der Waals surface area contributed by atoms with Gasteiger partial charge in [0.15, 0.2) is 0 Å². The molecule has 5 atom stereocenters. The first-order valence-corrected chi connectivity index (χ1v) is 8.58. The van der Waals surface area contributed by atoms with Crippen LogP contribution < -0.4 is 5.73 Å². The molecule has 21 heavy (non-hydrogen) atoms. The molecule has 2 aliphatic rings. The maximum atomic E-state index is 10.9. The van der Waals surface area contributed by atoms with E-state index in [1.807, 2.05) is 18.2 Å². The summed E-state index contributed by atoms with van der Waals surface area (Å²) in [5.74, 6) is 2.15. The number of rotatable bonds is 4. The number of aliphatic hydroxyl groups excluding tert-OH is 1. The molecule has 1 heterocycles. The average molecular weight is 288 g/mol. The Bertz CT molecular complexity index is 436. The summed E-state index contributed by atoms with van der Waals surface area (Å²) in [5, 5.41) is 10.9. The van der Waals surface area contributed by atoms with Crippen LogP contribution in [0.4, 0.5) is 0 Å². The number of nitrogens with zero attached hydrogens (tertiary/aromatic N) is 1. The van der Waals surface area contributed by atoms with Gasteiger partial charge in [0.2, 0.25) is 0 Å². The molecule has 1 aromatic rings. The van der Waals surface area contributed by atoms with Gasteiger partial charge in [0.25, 0.3) is 0 Å². The zero-order valence-electron chi connectivity index (χ0n) is 12.8. The zero-order chi connectivity index (χ0) is 14.7. The Morgan fingerprint density at radius 3 is 2.67 bits per heavy atom. The van der Waals surface area contributed by atoms with Crippen molar-refractivity contribution in [1.82, 2.24) is 4.98 Å². The van der Waals surface area contributed by atoms with Gasteiger partial charge in [-0.2, -0.15) is 0 Å². The molecule has 0 amide bonds. The van der Waals surface area contributed by atoms with Crippen LogP contribution in [0.3, 0.4) is 0 Å². The largest absolute Gasteiger partial charge is 0.392 e. The first-order chi connectivity index (χ1) is 10.3. The summed E-state index contributed by atoms with van der Waals surface area (Å²) < 4.78 is 0. The Morgan fingerprint density at radius 1 is 1.14 bits per heavy atom. The standard InChI is InChI=1S/C18H28N2O/c19-12-16(17-7-3-4-10-20-17)18(21)15-9-8-13-5-1-2-6-14(13)11-15/h3-4,7,10,13-16,18,21H,1-2,5-6,8-9,11-12,19H2. The third-order valence-electron chi connectivity index (χ3n) is 5.80. The second-order valence-corrected chi connectivity index (χ2v) is 6.97. The molecule has 3 heteroatoms. The smallest absolute Gasteiger partial charge is 0.0664 e. The Kier molecular flexibility index (Phi) is 4.91. The lowest BCUT2D eigenvalue weighted by Crippen LogP contribution is -2.38. The van der Waals surface area contributed by atoms with E-state index in [1.54, 1.807) is 6.20 Å². The highest BCUT2D eigenvalue weighted by molar-refractivity contribution is 5.12. The quantitative estimate of drug-likeness (QED) is 0.895. The fourth-order valence-corrected chi connectivity index (χ4v) is 4.58. The third-order valence-corrected chi connectivity index (χ3v) is 5.80. The fourth-order valence-electron chi connectivity index (χ4n) is 4.58. The number of fused-ring (bicyclic) bond motifs is 1. The van der Waals surface area contributed by atoms with Gasteiger partial charge in [-0.05, 0) is 49.1 Å². The van der Waals surface area contributed by atoms with Gasteiger partial charge < -0.3 is 10.8 Å². The van der Waals surface area contributed by atoms with Crippen LogP contribution in [0.1, 0.15) is 56.6 Å². The molecular weight excluding hydrogens is 260 g/mol. The van der Waals surface area contributed by atoms with Crippen molar-refractivity contribution in [1.29, 1.82) is 0 Å². The zero-order valence-corrected chi connectivity index (χ0v) is 12.8. The van der Waals surface area contributed by atoms with Gasteiger partial charge in [-0.1, -0.05) is 31.7 Å². The van der Waals surface area contributed by atoms with E-state index in [2.05, 4.69) is 4.98 Å². The average Bonchev–Trinajstić information content (AvgIpc) is 2.56. The number of nitrogens with two attached hydrogens (primary N) is 1. The van der Waals surface area contributed by atoms with Gasteiger partial charge in [-0.25, -0.2) is 0 Å². The van der Waals surface area contributed by atoms with Crippen LogP contribution in [0.25, 0.3) is 0 Å². The minimum Gasteiger partial charge on any atom is -0.392 e. The Morgan fingerprint density at radius 2 is 1.95 bits per heavy atom. The third kappa shape index (κ3) is 3.29. The van der Waals surface area contributed by atoms with Crippen molar-refractivity contribution in [3.63, 3.8) is 0 Å². The summed E-state index contributed by atoms with van der Waals surface area (Å²) >= 11 is 0. The van der Waals surface area contributed by atoms with Crippen LogP contribution in [0.5, 0.6) is 0 Å². The van der Waals surface area contributed by atoms with Crippen LogP contribution in [0.2, 0.25) is 0 Å². The molecule has 2 aliphatic carbocycles. The predicted octanol–water partition coefficient (Wildman–Crippen LogP) is 3.09. The van der Waals surface area contributed by atoms with Crippen LogP contribution in [-0.4, -0.2) is 22.7 Å². The van der Waals surface area contributed by atoms with Crippen molar-refractivity contribution >= 4 is 0 Å².